The Morgan fingerprint density at radius 2 is 2.15 bits per heavy atom. The Hall–Kier alpha value is -3.59. The molecule has 0 saturated heterocycles. The van der Waals surface area contributed by atoms with Crippen molar-refractivity contribution in [2.45, 2.75) is 19.4 Å². The van der Waals surface area contributed by atoms with Gasteiger partial charge in [0.2, 0.25) is 0 Å². The first-order chi connectivity index (χ1) is 13.0. The fraction of sp³-hybridized carbons (Fsp3) is 0.167. The van der Waals surface area contributed by atoms with Crippen molar-refractivity contribution in [2.75, 3.05) is 10.3 Å². The summed E-state index contributed by atoms with van der Waals surface area (Å²) in [7, 11) is 0. The SMILES string of the molecule is CC(CC=O)N(N)c1cnc(C(N)=O)c(Nc2cccc3cnccc23)n1. The third-order valence-corrected chi connectivity index (χ3v) is 4.10. The van der Waals surface area contributed by atoms with Gasteiger partial charge in [-0.2, -0.15) is 0 Å². The third-order valence-electron chi connectivity index (χ3n) is 4.10. The number of primary amides is 1. The number of nitrogens with one attached hydrogen (secondary N) is 1. The molecule has 0 aliphatic rings. The summed E-state index contributed by atoms with van der Waals surface area (Å²) in [5.74, 6) is 5.79. The molecule has 27 heavy (non-hydrogen) atoms. The van der Waals surface area contributed by atoms with Crippen molar-refractivity contribution in [1.29, 1.82) is 0 Å². The van der Waals surface area contributed by atoms with Gasteiger partial charge in [-0.05, 0) is 19.1 Å². The summed E-state index contributed by atoms with van der Waals surface area (Å²) in [6.45, 7) is 1.78. The van der Waals surface area contributed by atoms with Crippen LogP contribution in [0.1, 0.15) is 23.8 Å². The van der Waals surface area contributed by atoms with Crippen LogP contribution in [0.15, 0.2) is 42.9 Å². The normalized spacial score (nSPS) is 11.8. The number of aromatic nitrogens is 3. The second-order valence-electron chi connectivity index (χ2n) is 5.98. The fourth-order valence-corrected chi connectivity index (χ4v) is 2.61. The summed E-state index contributed by atoms with van der Waals surface area (Å²) in [6, 6.07) is 7.19. The molecule has 0 fully saturated rings. The zero-order chi connectivity index (χ0) is 19.4. The summed E-state index contributed by atoms with van der Waals surface area (Å²) < 4.78 is 0. The van der Waals surface area contributed by atoms with Crippen molar-refractivity contribution in [3.63, 3.8) is 0 Å². The predicted molar refractivity (Wildman–Crippen MR) is 102 cm³/mol. The first kappa shape index (κ1) is 18.2. The molecule has 0 bridgehead atoms. The molecule has 1 amide bonds. The number of fused-ring (bicyclic) bond motifs is 1. The van der Waals surface area contributed by atoms with Crippen molar-refractivity contribution in [2.24, 2.45) is 11.6 Å². The van der Waals surface area contributed by atoms with Gasteiger partial charge in [0, 0.05) is 35.3 Å². The quantitative estimate of drug-likeness (QED) is 0.325. The van der Waals surface area contributed by atoms with Crippen molar-refractivity contribution in [1.82, 2.24) is 15.0 Å². The van der Waals surface area contributed by atoms with Gasteiger partial charge in [-0.25, -0.2) is 15.8 Å². The molecule has 0 radical (unpaired) electrons. The Morgan fingerprint density at radius 3 is 2.89 bits per heavy atom. The van der Waals surface area contributed by atoms with Gasteiger partial charge in [-0.1, -0.05) is 12.1 Å². The van der Waals surface area contributed by atoms with E-state index in [0.29, 0.717) is 11.5 Å². The van der Waals surface area contributed by atoms with Gasteiger partial charge < -0.3 is 15.8 Å². The molecule has 2 heterocycles. The topological polar surface area (TPSA) is 140 Å². The second-order valence-corrected chi connectivity index (χ2v) is 5.98. The summed E-state index contributed by atoms with van der Waals surface area (Å²) >= 11 is 0. The van der Waals surface area contributed by atoms with E-state index in [1.54, 1.807) is 19.3 Å². The minimum atomic E-state index is -0.719. The second kappa shape index (κ2) is 7.75. The van der Waals surface area contributed by atoms with E-state index in [0.717, 1.165) is 17.1 Å². The molecule has 138 valence electrons. The molecule has 1 aromatic carbocycles. The van der Waals surface area contributed by atoms with Crippen LogP contribution in [-0.2, 0) is 4.79 Å². The standard InChI is InChI=1S/C18H19N7O2/c1-11(6-8-26)25(20)15-10-22-16(17(19)27)18(24-15)23-14-4-2-3-12-9-21-7-5-13(12)14/h2-5,7-11H,6,20H2,1H3,(H2,19,27)(H,23,24). The highest BCUT2D eigenvalue weighted by Crippen LogP contribution is 2.27. The molecular formula is C18H19N7O2. The number of hydrogen-bond acceptors (Lipinski definition) is 8. The van der Waals surface area contributed by atoms with E-state index in [9.17, 15) is 9.59 Å². The number of nitrogens with two attached hydrogens (primary N) is 2. The molecule has 2 aromatic heterocycles. The summed E-state index contributed by atoms with van der Waals surface area (Å²) in [4.78, 5) is 35.1. The Kier molecular flexibility index (Phi) is 5.23. The first-order valence-electron chi connectivity index (χ1n) is 8.25. The average Bonchev–Trinajstić information content (AvgIpc) is 2.67. The number of hydrazine groups is 1. The maximum Gasteiger partial charge on any atom is 0.271 e. The van der Waals surface area contributed by atoms with Gasteiger partial charge in [0.05, 0.1) is 12.2 Å². The molecular weight excluding hydrogens is 346 g/mol. The van der Waals surface area contributed by atoms with Crippen LogP contribution in [0.5, 0.6) is 0 Å². The number of rotatable bonds is 7. The van der Waals surface area contributed by atoms with E-state index in [-0.39, 0.29) is 24.0 Å². The average molecular weight is 365 g/mol. The van der Waals surface area contributed by atoms with Crippen molar-refractivity contribution >= 4 is 40.3 Å². The van der Waals surface area contributed by atoms with Crippen LogP contribution < -0.4 is 21.9 Å². The highest BCUT2D eigenvalue weighted by atomic mass is 16.1. The fourth-order valence-electron chi connectivity index (χ4n) is 2.61. The van der Waals surface area contributed by atoms with Gasteiger partial charge >= 0.3 is 0 Å². The van der Waals surface area contributed by atoms with Crippen LogP contribution in [0.4, 0.5) is 17.3 Å². The highest BCUT2D eigenvalue weighted by molar-refractivity contribution is 5.99. The van der Waals surface area contributed by atoms with E-state index < -0.39 is 5.91 Å². The third kappa shape index (κ3) is 3.82. The van der Waals surface area contributed by atoms with Crippen molar-refractivity contribution < 1.29 is 9.59 Å². The molecule has 0 spiro atoms. The summed E-state index contributed by atoms with van der Waals surface area (Å²) in [5, 5.41) is 6.25. The molecule has 1 unspecified atom stereocenters. The molecule has 0 aliphatic carbocycles. The smallest absolute Gasteiger partial charge is 0.271 e. The van der Waals surface area contributed by atoms with E-state index in [1.165, 1.54) is 11.2 Å². The van der Waals surface area contributed by atoms with Gasteiger partial charge in [0.25, 0.3) is 5.91 Å². The molecule has 9 heteroatoms. The van der Waals surface area contributed by atoms with Crippen LogP contribution in [-0.4, -0.2) is 33.2 Å². The number of amides is 1. The maximum absolute atomic E-state index is 11.8. The lowest BCUT2D eigenvalue weighted by Gasteiger charge is -2.24. The highest BCUT2D eigenvalue weighted by Gasteiger charge is 2.18. The van der Waals surface area contributed by atoms with E-state index in [2.05, 4.69) is 20.3 Å². The molecule has 3 aromatic rings. The van der Waals surface area contributed by atoms with Crippen LogP contribution in [0, 0.1) is 0 Å². The number of benzene rings is 1. The number of carbonyl (C=O) groups is 2. The number of nitrogens with zero attached hydrogens (tertiary/aromatic N) is 4. The lowest BCUT2D eigenvalue weighted by Crippen LogP contribution is -2.40. The Balaban J connectivity index is 2.03. The number of pyridine rings is 1. The van der Waals surface area contributed by atoms with Crippen LogP contribution in [0.25, 0.3) is 10.8 Å². The van der Waals surface area contributed by atoms with Gasteiger partial charge in [-0.15, -0.1) is 0 Å². The van der Waals surface area contributed by atoms with E-state index >= 15 is 0 Å². The van der Waals surface area contributed by atoms with Crippen LogP contribution >= 0.6 is 0 Å². The van der Waals surface area contributed by atoms with Gasteiger partial charge in [0.15, 0.2) is 17.3 Å². The number of carbonyl (C=O) groups excluding carboxylic acids is 2. The minimum absolute atomic E-state index is 0.0127. The molecule has 5 N–H and O–H groups in total. The largest absolute Gasteiger partial charge is 0.364 e. The molecule has 1 atom stereocenters. The van der Waals surface area contributed by atoms with Crippen LogP contribution in [0.2, 0.25) is 0 Å². The van der Waals surface area contributed by atoms with Crippen LogP contribution in [0.3, 0.4) is 0 Å². The number of hydrogen-bond donors (Lipinski definition) is 3. The molecule has 9 nitrogen and oxygen atoms in total. The Morgan fingerprint density at radius 1 is 1.33 bits per heavy atom. The molecule has 0 aliphatic heterocycles. The number of aldehydes is 1. The predicted octanol–water partition coefficient (Wildman–Crippen LogP) is 1.52. The van der Waals surface area contributed by atoms with E-state index in [4.69, 9.17) is 11.6 Å². The Bertz CT molecular complexity index is 987. The Labute approximate surface area is 155 Å². The van der Waals surface area contributed by atoms with Gasteiger partial charge in [0.1, 0.15) is 6.29 Å². The van der Waals surface area contributed by atoms with Gasteiger partial charge in [-0.3, -0.25) is 14.8 Å². The lowest BCUT2D eigenvalue weighted by molar-refractivity contribution is -0.108. The number of anilines is 3. The monoisotopic (exact) mass is 365 g/mol. The molecule has 3 rings (SSSR count). The molecule has 0 saturated carbocycles. The van der Waals surface area contributed by atoms with Crippen molar-refractivity contribution in [3.8, 4) is 0 Å². The summed E-state index contributed by atoms with van der Waals surface area (Å²) in [5.41, 5.74) is 6.14. The van der Waals surface area contributed by atoms with Crippen molar-refractivity contribution in [3.05, 3.63) is 48.5 Å². The minimum Gasteiger partial charge on any atom is -0.364 e. The first-order valence-corrected chi connectivity index (χ1v) is 8.25. The lowest BCUT2D eigenvalue weighted by atomic mass is 10.1. The zero-order valence-corrected chi connectivity index (χ0v) is 14.7. The zero-order valence-electron chi connectivity index (χ0n) is 14.7. The maximum atomic E-state index is 11.8. The summed E-state index contributed by atoms with van der Waals surface area (Å²) in [6.07, 6.45) is 5.77. The van der Waals surface area contributed by atoms with E-state index in [1.807, 2.05) is 24.3 Å².